The molecule has 88 valence electrons. The number of aliphatic hydroxyl groups is 1. The second kappa shape index (κ2) is 3.91. The average molecular weight is 231 g/mol. The van der Waals surface area contributed by atoms with Gasteiger partial charge >= 0.3 is 0 Å². The van der Waals surface area contributed by atoms with Crippen molar-refractivity contribution < 1.29 is 9.84 Å². The van der Waals surface area contributed by atoms with Gasteiger partial charge in [-0.15, -0.1) is 0 Å². The summed E-state index contributed by atoms with van der Waals surface area (Å²) in [4.78, 5) is 1.96. The Hall–Kier alpha value is -0.350. The highest BCUT2D eigenvalue weighted by atomic mass is 32.1. The first kappa shape index (κ1) is 12.7. The van der Waals surface area contributed by atoms with Crippen LogP contribution in [-0.4, -0.2) is 39.0 Å². The molecule has 0 amide bonds. The van der Waals surface area contributed by atoms with Crippen LogP contribution >= 0.6 is 12.2 Å². The maximum Gasteiger partial charge on any atom is 0.260 e. The molecule has 1 heterocycles. The highest BCUT2D eigenvalue weighted by molar-refractivity contribution is 7.80. The molecule has 0 saturated carbocycles. The van der Waals surface area contributed by atoms with Crippen molar-refractivity contribution in [1.82, 2.24) is 4.90 Å². The van der Waals surface area contributed by atoms with E-state index in [1.807, 2.05) is 39.5 Å². The molecular formula is C11H21NO2S. The lowest BCUT2D eigenvalue weighted by molar-refractivity contribution is -0.0526. The first-order valence-electron chi connectivity index (χ1n) is 5.33. The molecule has 0 spiro atoms. The fourth-order valence-corrected chi connectivity index (χ4v) is 2.13. The summed E-state index contributed by atoms with van der Waals surface area (Å²) in [6.07, 6.45) is 0.969. The van der Waals surface area contributed by atoms with E-state index in [2.05, 4.69) is 0 Å². The van der Waals surface area contributed by atoms with Gasteiger partial charge in [0.1, 0.15) is 5.60 Å². The van der Waals surface area contributed by atoms with E-state index < -0.39 is 5.60 Å². The fourth-order valence-electron chi connectivity index (χ4n) is 1.66. The minimum Gasteiger partial charge on any atom is -0.465 e. The van der Waals surface area contributed by atoms with Crippen LogP contribution in [0.15, 0.2) is 0 Å². The third kappa shape index (κ3) is 3.31. The second-order valence-electron chi connectivity index (χ2n) is 5.63. The van der Waals surface area contributed by atoms with E-state index in [0.717, 1.165) is 13.0 Å². The number of nitrogens with zero attached hydrogens (tertiary/aromatic N) is 1. The number of hydrogen-bond acceptors (Lipinski definition) is 3. The third-order valence-electron chi connectivity index (χ3n) is 2.46. The van der Waals surface area contributed by atoms with Crippen molar-refractivity contribution in [3.05, 3.63) is 0 Å². The molecule has 1 unspecified atom stereocenters. The SMILES string of the molecule is CC(C)(C)OC(=S)N1CCC1C(C)(C)O. The second-order valence-corrected chi connectivity index (χ2v) is 5.98. The van der Waals surface area contributed by atoms with Crippen LogP contribution in [0, 0.1) is 0 Å². The quantitative estimate of drug-likeness (QED) is 0.699. The van der Waals surface area contributed by atoms with Crippen LogP contribution in [0.4, 0.5) is 0 Å². The van der Waals surface area contributed by atoms with Gasteiger partial charge in [0.2, 0.25) is 0 Å². The summed E-state index contributed by atoms with van der Waals surface area (Å²) in [5.74, 6) is 0. The molecule has 0 aromatic carbocycles. The summed E-state index contributed by atoms with van der Waals surface area (Å²) >= 11 is 5.21. The molecule has 1 aliphatic heterocycles. The van der Waals surface area contributed by atoms with Crippen molar-refractivity contribution >= 4 is 17.4 Å². The molecule has 0 aliphatic carbocycles. The number of hydrogen-bond donors (Lipinski definition) is 1. The standard InChI is InChI=1S/C11H21NO2S/c1-10(2,3)14-9(15)12-7-6-8(12)11(4,5)13/h8,13H,6-7H2,1-5H3. The topological polar surface area (TPSA) is 32.7 Å². The van der Waals surface area contributed by atoms with Gasteiger partial charge in [-0.2, -0.15) is 0 Å². The van der Waals surface area contributed by atoms with Crippen LogP contribution in [0.1, 0.15) is 41.0 Å². The van der Waals surface area contributed by atoms with Gasteiger partial charge in [0.15, 0.2) is 0 Å². The van der Waals surface area contributed by atoms with E-state index in [4.69, 9.17) is 17.0 Å². The molecule has 1 N–H and O–H groups in total. The molecule has 3 nitrogen and oxygen atoms in total. The zero-order chi connectivity index (χ0) is 11.9. The van der Waals surface area contributed by atoms with Crippen molar-refractivity contribution in [3.63, 3.8) is 0 Å². The lowest BCUT2D eigenvalue weighted by atomic mass is 9.88. The van der Waals surface area contributed by atoms with Gasteiger partial charge in [-0.1, -0.05) is 0 Å². The Bertz CT molecular complexity index is 252. The van der Waals surface area contributed by atoms with Gasteiger partial charge in [0, 0.05) is 6.54 Å². The Labute approximate surface area is 97.4 Å². The molecule has 1 aliphatic rings. The Morgan fingerprint density at radius 2 is 1.87 bits per heavy atom. The Balaban J connectivity index is 2.56. The van der Waals surface area contributed by atoms with E-state index in [9.17, 15) is 5.11 Å². The van der Waals surface area contributed by atoms with E-state index in [-0.39, 0.29) is 11.6 Å². The van der Waals surface area contributed by atoms with Crippen molar-refractivity contribution in [1.29, 1.82) is 0 Å². The Kier molecular flexibility index (Phi) is 3.31. The van der Waals surface area contributed by atoms with Crippen LogP contribution in [0.3, 0.4) is 0 Å². The fraction of sp³-hybridized carbons (Fsp3) is 0.909. The molecule has 15 heavy (non-hydrogen) atoms. The highest BCUT2D eigenvalue weighted by Crippen LogP contribution is 2.29. The normalized spacial score (nSPS) is 22.3. The largest absolute Gasteiger partial charge is 0.465 e. The lowest BCUT2D eigenvalue weighted by Gasteiger charge is -2.48. The summed E-state index contributed by atoms with van der Waals surface area (Å²) in [5, 5.41) is 10.4. The first-order chi connectivity index (χ1) is 6.61. The molecule has 0 aromatic rings. The number of ether oxygens (including phenoxy) is 1. The van der Waals surface area contributed by atoms with E-state index in [0.29, 0.717) is 5.17 Å². The van der Waals surface area contributed by atoms with Crippen molar-refractivity contribution in [2.45, 2.75) is 58.3 Å². The van der Waals surface area contributed by atoms with E-state index >= 15 is 0 Å². The molecule has 1 fully saturated rings. The molecule has 0 radical (unpaired) electrons. The van der Waals surface area contributed by atoms with E-state index in [1.165, 1.54) is 0 Å². The van der Waals surface area contributed by atoms with Crippen LogP contribution in [0.5, 0.6) is 0 Å². The summed E-state index contributed by atoms with van der Waals surface area (Å²) < 4.78 is 5.61. The van der Waals surface area contributed by atoms with Crippen LogP contribution in [0.25, 0.3) is 0 Å². The highest BCUT2D eigenvalue weighted by Gasteiger charge is 2.41. The zero-order valence-corrected chi connectivity index (χ0v) is 11.0. The zero-order valence-electron chi connectivity index (χ0n) is 10.2. The average Bonchev–Trinajstić information content (AvgIpc) is 1.72. The summed E-state index contributed by atoms with van der Waals surface area (Å²) in [6.45, 7) is 10.4. The van der Waals surface area contributed by atoms with Gasteiger partial charge in [-0.25, -0.2) is 0 Å². The van der Waals surface area contributed by atoms with Crippen LogP contribution in [0.2, 0.25) is 0 Å². The van der Waals surface area contributed by atoms with E-state index in [1.54, 1.807) is 0 Å². The van der Waals surface area contributed by atoms with Gasteiger partial charge < -0.3 is 14.7 Å². The molecule has 0 bridgehead atoms. The maximum absolute atomic E-state index is 9.90. The molecule has 1 saturated heterocycles. The number of rotatable bonds is 1. The Morgan fingerprint density at radius 3 is 2.13 bits per heavy atom. The van der Waals surface area contributed by atoms with Gasteiger partial charge in [-0.3, -0.25) is 0 Å². The Morgan fingerprint density at radius 1 is 1.33 bits per heavy atom. The van der Waals surface area contributed by atoms with Crippen molar-refractivity contribution in [2.24, 2.45) is 0 Å². The van der Waals surface area contributed by atoms with Gasteiger partial charge in [0.05, 0.1) is 11.6 Å². The minimum atomic E-state index is -0.719. The molecule has 0 aromatic heterocycles. The molecular weight excluding hydrogens is 210 g/mol. The molecule has 4 heteroatoms. The number of thiocarbonyl (C=S) groups is 1. The van der Waals surface area contributed by atoms with Crippen LogP contribution < -0.4 is 0 Å². The van der Waals surface area contributed by atoms with Crippen LogP contribution in [-0.2, 0) is 4.74 Å². The maximum atomic E-state index is 9.90. The van der Waals surface area contributed by atoms with Gasteiger partial charge in [-0.05, 0) is 53.3 Å². The lowest BCUT2D eigenvalue weighted by Crippen LogP contribution is -2.61. The third-order valence-corrected chi connectivity index (χ3v) is 2.78. The van der Waals surface area contributed by atoms with Crippen molar-refractivity contribution in [3.8, 4) is 0 Å². The summed E-state index contributed by atoms with van der Waals surface area (Å²) in [7, 11) is 0. The smallest absolute Gasteiger partial charge is 0.260 e. The first-order valence-corrected chi connectivity index (χ1v) is 5.74. The molecule has 1 atom stereocenters. The molecule has 1 rings (SSSR count). The van der Waals surface area contributed by atoms with Crippen molar-refractivity contribution in [2.75, 3.05) is 6.54 Å². The monoisotopic (exact) mass is 231 g/mol. The predicted octanol–water partition coefficient (Wildman–Crippen LogP) is 1.93. The summed E-state index contributed by atoms with van der Waals surface area (Å²) in [6, 6.07) is 0.0901. The predicted molar refractivity (Wildman–Crippen MR) is 64.8 cm³/mol. The minimum absolute atomic E-state index is 0.0901. The number of likely N-dealkylation sites (tertiary alicyclic amines) is 1. The summed E-state index contributed by atoms with van der Waals surface area (Å²) in [5.41, 5.74) is -0.986. The van der Waals surface area contributed by atoms with Gasteiger partial charge in [0.25, 0.3) is 5.17 Å².